The van der Waals surface area contributed by atoms with Crippen LogP contribution >= 0.6 is 0 Å². The first-order chi connectivity index (χ1) is 13.0. The van der Waals surface area contributed by atoms with E-state index in [1.165, 1.54) is 4.68 Å². The third kappa shape index (κ3) is 4.83. The number of carboxylic acids is 1. The van der Waals surface area contributed by atoms with Gasteiger partial charge in [-0.05, 0) is 50.2 Å². The van der Waals surface area contributed by atoms with E-state index in [0.717, 1.165) is 30.0 Å². The Hall–Kier alpha value is -2.93. The zero-order valence-electron chi connectivity index (χ0n) is 15.6. The predicted molar refractivity (Wildman–Crippen MR) is 102 cm³/mol. The second kappa shape index (κ2) is 8.64. The van der Waals surface area contributed by atoms with Crippen LogP contribution in [0.5, 0.6) is 0 Å². The average Bonchev–Trinajstić information content (AvgIpc) is 3.28. The lowest BCUT2D eigenvalue weighted by Crippen LogP contribution is -2.24. The van der Waals surface area contributed by atoms with Crippen LogP contribution in [0.4, 0.5) is 0 Å². The minimum Gasteiger partial charge on any atom is -0.477 e. The fraction of sp³-hybridized carbons (Fsp3) is 0.350. The summed E-state index contributed by atoms with van der Waals surface area (Å²) in [6.45, 7) is 6.03. The van der Waals surface area contributed by atoms with E-state index < -0.39 is 5.97 Å². The number of aromatic carboxylic acids is 1. The van der Waals surface area contributed by atoms with Crippen molar-refractivity contribution in [3.05, 3.63) is 59.9 Å². The summed E-state index contributed by atoms with van der Waals surface area (Å²) >= 11 is 0. The molecule has 1 atom stereocenters. The van der Waals surface area contributed by atoms with Gasteiger partial charge in [0.25, 0.3) is 0 Å². The summed E-state index contributed by atoms with van der Waals surface area (Å²) in [5.41, 5.74) is 1.67. The molecule has 0 radical (unpaired) electrons. The van der Waals surface area contributed by atoms with Crippen LogP contribution < -0.4 is 5.32 Å². The fourth-order valence-electron chi connectivity index (χ4n) is 2.91. The van der Waals surface area contributed by atoms with Crippen molar-refractivity contribution in [2.24, 2.45) is 0 Å². The van der Waals surface area contributed by atoms with Gasteiger partial charge in [-0.3, -0.25) is 9.67 Å². The van der Waals surface area contributed by atoms with Gasteiger partial charge in [0.2, 0.25) is 0 Å². The van der Waals surface area contributed by atoms with E-state index >= 15 is 0 Å². The molecule has 0 aliphatic rings. The van der Waals surface area contributed by atoms with Crippen LogP contribution in [0.15, 0.2) is 47.1 Å². The molecule has 0 aliphatic carbocycles. The second-order valence-electron chi connectivity index (χ2n) is 6.57. The van der Waals surface area contributed by atoms with Gasteiger partial charge in [0.05, 0.1) is 12.2 Å². The topological polar surface area (TPSA) is 93.2 Å². The standard InChI is InChI=1S/C20H24N4O3/c1-14(19-4-3-15(2)27-19)5-8-22-11-12-24-18(20(25)26)13-17(23-24)16-6-9-21-10-7-16/h3-4,6-7,9-10,13-14,22H,5,8,11-12H2,1-2H3,(H,25,26). The molecule has 7 heteroatoms. The maximum Gasteiger partial charge on any atom is 0.354 e. The van der Waals surface area contributed by atoms with Crippen LogP contribution in [0.25, 0.3) is 11.3 Å². The van der Waals surface area contributed by atoms with Gasteiger partial charge in [-0.1, -0.05) is 6.92 Å². The number of carbonyl (C=O) groups is 1. The zero-order chi connectivity index (χ0) is 19.2. The Kier molecular flexibility index (Phi) is 6.03. The van der Waals surface area contributed by atoms with Gasteiger partial charge in [0.15, 0.2) is 0 Å². The number of aromatic nitrogens is 3. The van der Waals surface area contributed by atoms with E-state index in [0.29, 0.717) is 24.7 Å². The molecule has 27 heavy (non-hydrogen) atoms. The lowest BCUT2D eigenvalue weighted by atomic mass is 10.1. The highest BCUT2D eigenvalue weighted by Gasteiger charge is 2.15. The molecule has 3 heterocycles. The number of nitrogens with one attached hydrogen (secondary N) is 1. The largest absolute Gasteiger partial charge is 0.477 e. The van der Waals surface area contributed by atoms with Crippen LogP contribution in [0.1, 0.15) is 41.3 Å². The van der Waals surface area contributed by atoms with Gasteiger partial charge in [-0.2, -0.15) is 5.10 Å². The van der Waals surface area contributed by atoms with Crippen molar-refractivity contribution in [3.8, 4) is 11.3 Å². The Morgan fingerprint density at radius 2 is 2.04 bits per heavy atom. The van der Waals surface area contributed by atoms with Crippen molar-refractivity contribution < 1.29 is 14.3 Å². The number of furan rings is 1. The number of pyridine rings is 1. The summed E-state index contributed by atoms with van der Waals surface area (Å²) in [5.74, 6) is 1.28. The van der Waals surface area contributed by atoms with Gasteiger partial charge in [-0.25, -0.2) is 4.79 Å². The molecule has 3 aromatic heterocycles. The molecule has 2 N–H and O–H groups in total. The van der Waals surface area contributed by atoms with Crippen LogP contribution in [0, 0.1) is 6.92 Å². The zero-order valence-corrected chi connectivity index (χ0v) is 15.6. The van der Waals surface area contributed by atoms with E-state index in [9.17, 15) is 9.90 Å². The van der Waals surface area contributed by atoms with Crippen molar-refractivity contribution in [1.82, 2.24) is 20.1 Å². The van der Waals surface area contributed by atoms with E-state index in [1.54, 1.807) is 18.5 Å². The van der Waals surface area contributed by atoms with Crippen LogP contribution in [-0.4, -0.2) is 38.9 Å². The van der Waals surface area contributed by atoms with E-state index in [4.69, 9.17) is 4.42 Å². The van der Waals surface area contributed by atoms with E-state index in [1.807, 2.05) is 31.2 Å². The Bertz CT molecular complexity index is 886. The van der Waals surface area contributed by atoms with Crippen LogP contribution in [0.2, 0.25) is 0 Å². The molecule has 142 valence electrons. The van der Waals surface area contributed by atoms with Gasteiger partial charge in [0.1, 0.15) is 17.2 Å². The number of aryl methyl sites for hydroxylation is 1. The molecule has 1 unspecified atom stereocenters. The Morgan fingerprint density at radius 3 is 2.70 bits per heavy atom. The van der Waals surface area contributed by atoms with Crippen molar-refractivity contribution in [3.63, 3.8) is 0 Å². The predicted octanol–water partition coefficient (Wildman–Crippen LogP) is 3.33. The lowest BCUT2D eigenvalue weighted by Gasteiger charge is -2.10. The molecule has 0 amide bonds. The summed E-state index contributed by atoms with van der Waals surface area (Å²) in [5, 5.41) is 17.2. The number of rotatable bonds is 9. The molecule has 3 rings (SSSR count). The van der Waals surface area contributed by atoms with E-state index in [2.05, 4.69) is 22.3 Å². The summed E-state index contributed by atoms with van der Waals surface area (Å²) < 4.78 is 7.18. The normalized spacial score (nSPS) is 12.2. The molecule has 0 saturated carbocycles. The molecule has 3 aromatic rings. The van der Waals surface area contributed by atoms with Crippen LogP contribution in [-0.2, 0) is 6.54 Å². The van der Waals surface area contributed by atoms with Crippen molar-refractivity contribution in [2.45, 2.75) is 32.7 Å². The number of nitrogens with zero attached hydrogens (tertiary/aromatic N) is 3. The average molecular weight is 368 g/mol. The summed E-state index contributed by atoms with van der Waals surface area (Å²) in [4.78, 5) is 15.5. The smallest absolute Gasteiger partial charge is 0.354 e. The molecule has 0 bridgehead atoms. The summed E-state index contributed by atoms with van der Waals surface area (Å²) in [6, 6.07) is 9.22. The molecule has 0 spiro atoms. The van der Waals surface area contributed by atoms with Crippen LogP contribution in [0.3, 0.4) is 0 Å². The molecule has 0 saturated heterocycles. The third-order valence-corrected chi connectivity index (χ3v) is 4.48. The molecule has 0 aliphatic heterocycles. The monoisotopic (exact) mass is 368 g/mol. The number of hydrogen-bond acceptors (Lipinski definition) is 5. The minimum absolute atomic E-state index is 0.183. The van der Waals surface area contributed by atoms with Crippen molar-refractivity contribution in [2.75, 3.05) is 13.1 Å². The maximum absolute atomic E-state index is 11.5. The Morgan fingerprint density at radius 1 is 1.26 bits per heavy atom. The highest BCUT2D eigenvalue weighted by molar-refractivity contribution is 5.87. The van der Waals surface area contributed by atoms with E-state index in [-0.39, 0.29) is 5.69 Å². The number of carboxylic acid groups (broad SMARTS) is 1. The summed E-state index contributed by atoms with van der Waals surface area (Å²) in [7, 11) is 0. The van der Waals surface area contributed by atoms with Crippen molar-refractivity contribution >= 4 is 5.97 Å². The van der Waals surface area contributed by atoms with Gasteiger partial charge in [-0.15, -0.1) is 0 Å². The molecular weight excluding hydrogens is 344 g/mol. The first-order valence-electron chi connectivity index (χ1n) is 9.03. The van der Waals surface area contributed by atoms with Crippen molar-refractivity contribution in [1.29, 1.82) is 0 Å². The van der Waals surface area contributed by atoms with Gasteiger partial charge < -0.3 is 14.8 Å². The third-order valence-electron chi connectivity index (χ3n) is 4.48. The summed E-state index contributed by atoms with van der Waals surface area (Å²) in [6.07, 6.45) is 4.27. The molecular formula is C20H24N4O3. The quantitative estimate of drug-likeness (QED) is 0.563. The lowest BCUT2D eigenvalue weighted by molar-refractivity contribution is 0.0683. The molecule has 0 fully saturated rings. The highest BCUT2D eigenvalue weighted by atomic mass is 16.4. The van der Waals surface area contributed by atoms with Gasteiger partial charge in [0, 0.05) is 30.4 Å². The Balaban J connectivity index is 1.53. The van der Waals surface area contributed by atoms with Gasteiger partial charge >= 0.3 is 5.97 Å². The Labute approximate surface area is 158 Å². The highest BCUT2D eigenvalue weighted by Crippen LogP contribution is 2.21. The first kappa shape index (κ1) is 18.8. The minimum atomic E-state index is -0.982. The second-order valence-corrected chi connectivity index (χ2v) is 6.57. The SMILES string of the molecule is Cc1ccc(C(C)CCNCCn2nc(-c3ccncc3)cc2C(=O)O)o1. The molecule has 0 aromatic carbocycles. The molecule has 7 nitrogen and oxygen atoms in total. The number of hydrogen-bond donors (Lipinski definition) is 2. The first-order valence-corrected chi connectivity index (χ1v) is 9.03. The fourth-order valence-corrected chi connectivity index (χ4v) is 2.91. The maximum atomic E-state index is 11.5.